The molecule has 8 heteroatoms. The van der Waals surface area contributed by atoms with Crippen LogP contribution in [0.3, 0.4) is 0 Å². The van der Waals surface area contributed by atoms with Gasteiger partial charge in [-0.2, -0.15) is 0 Å². The molecule has 6 aromatic rings. The van der Waals surface area contributed by atoms with Gasteiger partial charge in [-0.3, -0.25) is 19.2 Å². The second-order valence-corrected chi connectivity index (χ2v) is 15.0. The molecule has 0 radical (unpaired) electrons. The number of esters is 1. The van der Waals surface area contributed by atoms with Gasteiger partial charge >= 0.3 is 5.97 Å². The fourth-order valence-corrected chi connectivity index (χ4v) is 6.01. The fraction of sp³-hybridized carbons (Fsp3) is 0.231. The lowest BCUT2D eigenvalue weighted by atomic mass is 9.77. The predicted octanol–water partition coefficient (Wildman–Crippen LogP) is 11.7. The molecule has 0 saturated heterocycles. The van der Waals surface area contributed by atoms with Gasteiger partial charge in [-0.15, -0.1) is 0 Å². The van der Waals surface area contributed by atoms with E-state index in [4.69, 9.17) is 14.2 Å². The highest BCUT2D eigenvalue weighted by Crippen LogP contribution is 2.35. The number of phenolic OH excluding ortho intramolecular Hbond substituents is 1. The number of Topliss-reactive ketones (excluding diaryl/α,β-unsaturated/α-hetero) is 3. The van der Waals surface area contributed by atoms with Gasteiger partial charge in [-0.1, -0.05) is 131 Å². The Bertz CT molecular complexity index is 2240. The molecule has 0 aliphatic carbocycles. The number of aromatic hydroxyl groups is 1. The van der Waals surface area contributed by atoms with Gasteiger partial charge in [0.2, 0.25) is 0 Å². The summed E-state index contributed by atoms with van der Waals surface area (Å²) in [6.07, 6.45) is 0. The van der Waals surface area contributed by atoms with E-state index < -0.39 is 0 Å². The van der Waals surface area contributed by atoms with E-state index in [1.165, 1.54) is 19.4 Å². The third-order valence-electron chi connectivity index (χ3n) is 9.92. The molecule has 0 atom stereocenters. The number of phenols is 1. The predicted molar refractivity (Wildman–Crippen MR) is 239 cm³/mol. The maximum absolute atomic E-state index is 11.6. The fourth-order valence-electron chi connectivity index (χ4n) is 6.01. The third-order valence-corrected chi connectivity index (χ3v) is 9.92. The molecule has 6 aromatic carbocycles. The zero-order valence-electron chi connectivity index (χ0n) is 36.2. The molecule has 312 valence electrons. The van der Waals surface area contributed by atoms with Crippen LogP contribution < -0.4 is 14.2 Å². The molecular formula is C52H56O8. The number of hydrogen-bond donors (Lipinski definition) is 1. The highest BCUT2D eigenvalue weighted by Gasteiger charge is 2.25. The first-order valence-electron chi connectivity index (χ1n) is 19.4. The van der Waals surface area contributed by atoms with Crippen LogP contribution >= 0.6 is 0 Å². The molecule has 0 aromatic heterocycles. The van der Waals surface area contributed by atoms with Crippen molar-refractivity contribution in [2.45, 2.75) is 66.2 Å². The molecular weight excluding hydrogens is 753 g/mol. The number of carbonyl (C=O) groups is 4. The van der Waals surface area contributed by atoms with Crippen molar-refractivity contribution in [1.82, 2.24) is 0 Å². The lowest BCUT2D eigenvalue weighted by Gasteiger charge is -2.27. The van der Waals surface area contributed by atoms with Gasteiger partial charge in [0.1, 0.15) is 23.0 Å². The number of ether oxygens (including phenoxy) is 3. The normalized spacial score (nSPS) is 10.5. The van der Waals surface area contributed by atoms with Crippen LogP contribution in [-0.4, -0.2) is 42.6 Å². The van der Waals surface area contributed by atoms with E-state index in [0.29, 0.717) is 11.3 Å². The lowest BCUT2D eigenvalue weighted by molar-refractivity contribution is -0.131. The Hall–Kier alpha value is -6.80. The minimum absolute atomic E-state index is 0.0248. The minimum atomic E-state index is -0.308. The first-order chi connectivity index (χ1) is 28.4. The smallest absolute Gasteiger partial charge is 0.308 e. The van der Waals surface area contributed by atoms with Crippen LogP contribution in [-0.2, 0) is 15.6 Å². The van der Waals surface area contributed by atoms with Crippen molar-refractivity contribution in [3.8, 4) is 23.0 Å². The van der Waals surface area contributed by atoms with Gasteiger partial charge in [0.25, 0.3) is 0 Å². The van der Waals surface area contributed by atoms with Crippen LogP contribution in [0.5, 0.6) is 23.0 Å². The molecule has 1 N–H and O–H groups in total. The largest absolute Gasteiger partial charge is 0.507 e. The Kier molecular flexibility index (Phi) is 17.7. The number of benzene rings is 6. The van der Waals surface area contributed by atoms with Gasteiger partial charge in [0, 0.05) is 28.9 Å². The maximum atomic E-state index is 11.6. The average Bonchev–Trinajstić information content (AvgIpc) is 3.25. The number of ketones is 3. The van der Waals surface area contributed by atoms with Crippen molar-refractivity contribution in [2.24, 2.45) is 0 Å². The summed E-state index contributed by atoms with van der Waals surface area (Å²) < 4.78 is 15.4. The lowest BCUT2D eigenvalue weighted by Crippen LogP contribution is -2.19. The summed E-state index contributed by atoms with van der Waals surface area (Å²) in [5.41, 5.74) is 5.95. The second kappa shape index (κ2) is 22.4. The Balaban J connectivity index is 0.000000230. The first-order valence-corrected chi connectivity index (χ1v) is 19.4. The van der Waals surface area contributed by atoms with Crippen molar-refractivity contribution in [2.75, 3.05) is 14.2 Å². The van der Waals surface area contributed by atoms with Crippen LogP contribution in [0.1, 0.15) is 109 Å². The molecule has 8 nitrogen and oxygen atoms in total. The van der Waals surface area contributed by atoms with Gasteiger partial charge in [0.05, 0.1) is 19.8 Å². The monoisotopic (exact) mass is 808 g/mol. The summed E-state index contributed by atoms with van der Waals surface area (Å²) in [6.45, 7) is 14.5. The van der Waals surface area contributed by atoms with Crippen molar-refractivity contribution in [1.29, 1.82) is 0 Å². The minimum Gasteiger partial charge on any atom is -0.507 e. The van der Waals surface area contributed by atoms with E-state index >= 15 is 0 Å². The molecule has 0 aliphatic heterocycles. The third kappa shape index (κ3) is 13.9. The molecule has 0 heterocycles. The van der Waals surface area contributed by atoms with Gasteiger partial charge < -0.3 is 19.3 Å². The van der Waals surface area contributed by atoms with Crippen LogP contribution in [0, 0.1) is 0 Å². The average molecular weight is 809 g/mol. The molecule has 6 rings (SSSR count). The van der Waals surface area contributed by atoms with E-state index in [1.807, 2.05) is 127 Å². The molecule has 0 unspecified atom stereocenters. The Labute approximate surface area is 354 Å². The molecule has 0 aliphatic rings. The standard InChI is InChI=1S/2C18H20O3.2C8H8O/c1-13(19)21-17-11-7-15(8-12-17)18(2,3)14-5-9-16(20-4)10-6-14;1-12(19)16-11-14(7-10-17(16)20)18(2,3)13-5-8-15(21-4)9-6-13;2*1-7(9)8-5-3-2-4-6-8/h5-12H,1-4H3;5-11,20H,1-4H3;2*2-6H,1H3. The van der Waals surface area contributed by atoms with Crippen molar-refractivity contribution < 1.29 is 38.5 Å². The number of hydrogen-bond acceptors (Lipinski definition) is 8. The molecule has 0 bridgehead atoms. The number of carbonyl (C=O) groups excluding carboxylic acids is 4. The topological polar surface area (TPSA) is 116 Å². The zero-order valence-corrected chi connectivity index (χ0v) is 36.2. The summed E-state index contributed by atoms with van der Waals surface area (Å²) in [7, 11) is 3.30. The van der Waals surface area contributed by atoms with Crippen molar-refractivity contribution in [3.05, 3.63) is 191 Å². The van der Waals surface area contributed by atoms with Crippen LogP contribution in [0.25, 0.3) is 0 Å². The zero-order chi connectivity index (χ0) is 44.5. The van der Waals surface area contributed by atoms with Crippen LogP contribution in [0.2, 0.25) is 0 Å². The van der Waals surface area contributed by atoms with Crippen LogP contribution in [0.15, 0.2) is 152 Å². The highest BCUT2D eigenvalue weighted by atomic mass is 16.5. The Morgan fingerprint density at radius 2 is 0.767 bits per heavy atom. The summed E-state index contributed by atoms with van der Waals surface area (Å²) in [6, 6.07) is 47.2. The van der Waals surface area contributed by atoms with Gasteiger partial charge in [-0.05, 0) is 91.6 Å². The van der Waals surface area contributed by atoms with Gasteiger partial charge in [-0.25, -0.2) is 0 Å². The molecule has 60 heavy (non-hydrogen) atoms. The molecule has 0 spiro atoms. The Morgan fingerprint density at radius 1 is 0.433 bits per heavy atom. The summed E-state index contributed by atoms with van der Waals surface area (Å²) in [4.78, 5) is 43.8. The van der Waals surface area contributed by atoms with Gasteiger partial charge in [0.15, 0.2) is 17.3 Å². The van der Waals surface area contributed by atoms with E-state index in [1.54, 1.807) is 40.2 Å². The number of rotatable bonds is 10. The second-order valence-electron chi connectivity index (χ2n) is 15.0. The van der Waals surface area contributed by atoms with E-state index in [2.05, 4.69) is 39.8 Å². The number of methoxy groups -OCH3 is 2. The highest BCUT2D eigenvalue weighted by molar-refractivity contribution is 5.97. The quantitative estimate of drug-likeness (QED) is 0.0826. The summed E-state index contributed by atoms with van der Waals surface area (Å²) >= 11 is 0. The van der Waals surface area contributed by atoms with Crippen molar-refractivity contribution >= 4 is 23.3 Å². The Morgan fingerprint density at radius 3 is 1.07 bits per heavy atom. The molecule has 0 fully saturated rings. The molecule has 0 saturated carbocycles. The summed E-state index contributed by atoms with van der Waals surface area (Å²) in [5, 5.41) is 9.77. The van der Waals surface area contributed by atoms with E-state index in [9.17, 15) is 24.3 Å². The summed E-state index contributed by atoms with van der Waals surface area (Å²) in [5.74, 6) is 2.04. The SMILES string of the molecule is CC(=O)c1ccccc1.CC(=O)c1ccccc1.COc1ccc(C(C)(C)c2ccc(O)c(C(C)=O)c2)cc1.COc1ccc(C(C)(C)c2ccc(OC(C)=O)cc2)cc1. The van der Waals surface area contributed by atoms with Crippen molar-refractivity contribution in [3.63, 3.8) is 0 Å². The maximum Gasteiger partial charge on any atom is 0.308 e. The first kappa shape index (κ1) is 47.6. The van der Waals surface area contributed by atoms with E-state index in [-0.39, 0.29) is 39.9 Å². The van der Waals surface area contributed by atoms with E-state index in [0.717, 1.165) is 39.3 Å². The van der Waals surface area contributed by atoms with Crippen LogP contribution in [0.4, 0.5) is 0 Å². The molecule has 0 amide bonds.